The van der Waals surface area contributed by atoms with Crippen LogP contribution in [0.1, 0.15) is 71.6 Å². The first kappa shape index (κ1) is 15.0. The van der Waals surface area contributed by atoms with E-state index >= 15 is 0 Å². The summed E-state index contributed by atoms with van der Waals surface area (Å²) in [6.07, 6.45) is 12.6. The van der Waals surface area contributed by atoms with Crippen LogP contribution < -0.4 is 0 Å². The van der Waals surface area contributed by atoms with Crippen LogP contribution >= 0.6 is 0 Å². The van der Waals surface area contributed by atoms with Crippen LogP contribution in [0.15, 0.2) is 0 Å². The lowest BCUT2D eigenvalue weighted by Gasteiger charge is -2.09. The molecule has 0 heterocycles. The van der Waals surface area contributed by atoms with Crippen LogP contribution in [0.2, 0.25) is 0 Å². The summed E-state index contributed by atoms with van der Waals surface area (Å²) >= 11 is 0. The molecule has 0 saturated carbocycles. The predicted octanol–water partition coefficient (Wildman–Crippen LogP) is 4.80. The average Bonchev–Trinajstić information content (AvgIpc) is 2.25. The molecule has 0 aromatic heterocycles. The minimum absolute atomic E-state index is 0.848. The van der Waals surface area contributed by atoms with Crippen molar-refractivity contribution < 1.29 is 4.74 Å². The van der Waals surface area contributed by atoms with Crippen molar-refractivity contribution in [2.45, 2.75) is 71.6 Å². The molecular weight excluding hydrogens is 184 g/mol. The summed E-state index contributed by atoms with van der Waals surface area (Å²) in [5, 5.41) is 0. The van der Waals surface area contributed by atoms with Crippen LogP contribution in [0.25, 0.3) is 0 Å². The molecule has 0 spiro atoms. The van der Waals surface area contributed by atoms with Crippen molar-refractivity contribution in [2.75, 3.05) is 13.7 Å². The standard InChI is InChI=1S/C14H30O/c1-4-5-6-7-8-9-10-11-14(2)12-13-15-3/h14H,4-13H2,1-3H3. The van der Waals surface area contributed by atoms with Crippen molar-refractivity contribution >= 4 is 0 Å². The molecule has 1 heteroatoms. The molecule has 0 bridgehead atoms. The Labute approximate surface area is 96.6 Å². The van der Waals surface area contributed by atoms with Crippen molar-refractivity contribution in [1.82, 2.24) is 0 Å². The number of unbranched alkanes of at least 4 members (excludes halogenated alkanes) is 6. The van der Waals surface area contributed by atoms with Crippen molar-refractivity contribution in [3.05, 3.63) is 0 Å². The second kappa shape index (κ2) is 12.0. The Morgan fingerprint density at radius 2 is 1.47 bits per heavy atom. The highest BCUT2D eigenvalue weighted by atomic mass is 16.5. The predicted molar refractivity (Wildman–Crippen MR) is 68.3 cm³/mol. The zero-order valence-corrected chi connectivity index (χ0v) is 11.1. The summed E-state index contributed by atoms with van der Waals surface area (Å²) in [5.74, 6) is 0.848. The van der Waals surface area contributed by atoms with Crippen LogP contribution in [0.3, 0.4) is 0 Å². The van der Waals surface area contributed by atoms with E-state index in [-0.39, 0.29) is 0 Å². The molecule has 1 unspecified atom stereocenters. The maximum atomic E-state index is 5.08. The van der Waals surface area contributed by atoms with Gasteiger partial charge in [-0.15, -0.1) is 0 Å². The van der Waals surface area contributed by atoms with Gasteiger partial charge in [0.15, 0.2) is 0 Å². The lowest BCUT2D eigenvalue weighted by atomic mass is 9.99. The summed E-state index contributed by atoms with van der Waals surface area (Å²) in [5.41, 5.74) is 0. The second-order valence-corrected chi connectivity index (χ2v) is 4.80. The van der Waals surface area contributed by atoms with Crippen LogP contribution in [-0.2, 0) is 4.74 Å². The van der Waals surface area contributed by atoms with Crippen LogP contribution in [-0.4, -0.2) is 13.7 Å². The summed E-state index contributed by atoms with van der Waals surface area (Å²) in [4.78, 5) is 0. The largest absolute Gasteiger partial charge is 0.385 e. The third-order valence-corrected chi connectivity index (χ3v) is 3.12. The Kier molecular flexibility index (Phi) is 12.0. The summed E-state index contributed by atoms with van der Waals surface area (Å²) in [6, 6.07) is 0. The highest BCUT2D eigenvalue weighted by Gasteiger charge is 2.00. The van der Waals surface area contributed by atoms with E-state index in [9.17, 15) is 0 Å². The first-order valence-corrected chi connectivity index (χ1v) is 6.80. The van der Waals surface area contributed by atoms with Gasteiger partial charge >= 0.3 is 0 Å². The first-order chi connectivity index (χ1) is 7.31. The maximum absolute atomic E-state index is 5.08. The van der Waals surface area contributed by atoms with Crippen molar-refractivity contribution in [3.63, 3.8) is 0 Å². The van der Waals surface area contributed by atoms with E-state index in [4.69, 9.17) is 4.74 Å². The Hall–Kier alpha value is -0.0400. The zero-order chi connectivity index (χ0) is 11.4. The van der Waals surface area contributed by atoms with Crippen LogP contribution in [0, 0.1) is 5.92 Å². The van der Waals surface area contributed by atoms with Crippen LogP contribution in [0.4, 0.5) is 0 Å². The van der Waals surface area contributed by atoms with E-state index in [1.165, 1.54) is 57.8 Å². The Morgan fingerprint density at radius 1 is 0.867 bits per heavy atom. The molecule has 1 atom stereocenters. The average molecular weight is 214 g/mol. The lowest BCUT2D eigenvalue weighted by molar-refractivity contribution is 0.177. The minimum Gasteiger partial charge on any atom is -0.385 e. The molecule has 0 rings (SSSR count). The van der Waals surface area contributed by atoms with Crippen molar-refractivity contribution in [2.24, 2.45) is 5.92 Å². The van der Waals surface area contributed by atoms with Gasteiger partial charge in [-0.05, 0) is 12.3 Å². The second-order valence-electron chi connectivity index (χ2n) is 4.80. The van der Waals surface area contributed by atoms with Gasteiger partial charge in [-0.25, -0.2) is 0 Å². The fourth-order valence-corrected chi connectivity index (χ4v) is 1.91. The van der Waals surface area contributed by atoms with Crippen LogP contribution in [0.5, 0.6) is 0 Å². The van der Waals surface area contributed by atoms with E-state index in [2.05, 4.69) is 13.8 Å². The monoisotopic (exact) mass is 214 g/mol. The fourth-order valence-electron chi connectivity index (χ4n) is 1.91. The molecule has 1 nitrogen and oxygen atoms in total. The first-order valence-electron chi connectivity index (χ1n) is 6.80. The number of methoxy groups -OCH3 is 1. The fraction of sp³-hybridized carbons (Fsp3) is 1.00. The SMILES string of the molecule is CCCCCCCCCC(C)CCOC. The van der Waals surface area contributed by atoms with Crippen molar-refractivity contribution in [3.8, 4) is 0 Å². The lowest BCUT2D eigenvalue weighted by Crippen LogP contribution is -1.99. The van der Waals surface area contributed by atoms with Crippen molar-refractivity contribution in [1.29, 1.82) is 0 Å². The quantitative estimate of drug-likeness (QED) is 0.449. The molecular formula is C14H30O. The molecule has 0 N–H and O–H groups in total. The Bertz CT molecular complexity index is 112. The van der Waals surface area contributed by atoms with E-state index in [0.29, 0.717) is 0 Å². The smallest absolute Gasteiger partial charge is 0.0464 e. The van der Waals surface area contributed by atoms with E-state index in [0.717, 1.165) is 12.5 Å². The summed E-state index contributed by atoms with van der Waals surface area (Å²) < 4.78 is 5.08. The molecule has 0 aromatic carbocycles. The Morgan fingerprint density at radius 3 is 2.07 bits per heavy atom. The van der Waals surface area contributed by atoms with Gasteiger partial charge in [0.25, 0.3) is 0 Å². The topological polar surface area (TPSA) is 9.23 Å². The molecule has 0 fully saturated rings. The Balaban J connectivity index is 3.02. The van der Waals surface area contributed by atoms with Gasteiger partial charge in [-0.3, -0.25) is 0 Å². The molecule has 0 aliphatic carbocycles. The number of ether oxygens (including phenoxy) is 1. The minimum atomic E-state index is 0.848. The van der Waals surface area contributed by atoms with Gasteiger partial charge in [0.2, 0.25) is 0 Å². The molecule has 0 radical (unpaired) electrons. The molecule has 0 aliphatic rings. The molecule has 0 saturated heterocycles. The van der Waals surface area contributed by atoms with Gasteiger partial charge in [-0.1, -0.05) is 65.2 Å². The third-order valence-electron chi connectivity index (χ3n) is 3.12. The van der Waals surface area contributed by atoms with E-state index in [1.807, 2.05) is 0 Å². The van der Waals surface area contributed by atoms with Gasteiger partial charge in [0.05, 0.1) is 0 Å². The van der Waals surface area contributed by atoms with Gasteiger partial charge in [-0.2, -0.15) is 0 Å². The third kappa shape index (κ3) is 11.9. The molecule has 15 heavy (non-hydrogen) atoms. The highest BCUT2D eigenvalue weighted by molar-refractivity contribution is 4.53. The van der Waals surface area contributed by atoms with Gasteiger partial charge in [0, 0.05) is 13.7 Å². The highest BCUT2D eigenvalue weighted by Crippen LogP contribution is 2.14. The number of hydrogen-bond donors (Lipinski definition) is 0. The van der Waals surface area contributed by atoms with Gasteiger partial charge < -0.3 is 4.74 Å². The van der Waals surface area contributed by atoms with E-state index in [1.54, 1.807) is 7.11 Å². The molecule has 0 aromatic rings. The number of rotatable bonds is 11. The van der Waals surface area contributed by atoms with Gasteiger partial charge in [0.1, 0.15) is 0 Å². The zero-order valence-electron chi connectivity index (χ0n) is 11.1. The molecule has 92 valence electrons. The van der Waals surface area contributed by atoms with E-state index < -0.39 is 0 Å². The number of hydrogen-bond acceptors (Lipinski definition) is 1. The molecule has 0 aliphatic heterocycles. The normalized spacial score (nSPS) is 13.0. The molecule has 0 amide bonds. The summed E-state index contributed by atoms with van der Waals surface area (Å²) in [6.45, 7) is 5.55. The maximum Gasteiger partial charge on any atom is 0.0464 e. The summed E-state index contributed by atoms with van der Waals surface area (Å²) in [7, 11) is 1.79.